The van der Waals surface area contributed by atoms with Gasteiger partial charge in [0.1, 0.15) is 5.60 Å². The molecule has 3 aromatic rings. The predicted molar refractivity (Wildman–Crippen MR) is 128 cm³/mol. The maximum Gasteiger partial charge on any atom is 0.338 e. The summed E-state index contributed by atoms with van der Waals surface area (Å²) in [6.45, 7) is 5.39. The number of rotatable bonds is 5. The number of nitrogens with one attached hydrogen (secondary N) is 2. The molecule has 172 valence electrons. The molecule has 0 fully saturated rings. The fourth-order valence-corrected chi connectivity index (χ4v) is 3.48. The molecule has 0 aliphatic carbocycles. The van der Waals surface area contributed by atoms with Crippen LogP contribution in [-0.2, 0) is 9.53 Å². The van der Waals surface area contributed by atoms with Crippen LogP contribution in [0, 0.1) is 10.1 Å². The Morgan fingerprint density at radius 1 is 1.09 bits per heavy atom. The highest BCUT2D eigenvalue weighted by atomic mass is 16.6. The summed E-state index contributed by atoms with van der Waals surface area (Å²) in [7, 11) is 0. The van der Waals surface area contributed by atoms with Crippen molar-refractivity contribution in [1.29, 1.82) is 0 Å². The lowest BCUT2D eigenvalue weighted by atomic mass is 10.0. The Kier molecular flexibility index (Phi) is 5.85. The summed E-state index contributed by atoms with van der Waals surface area (Å²) in [6.07, 6.45) is 3.23. The number of carbonyl (C=O) groups is 2. The maximum atomic E-state index is 12.9. The van der Waals surface area contributed by atoms with E-state index < -0.39 is 22.4 Å². The van der Waals surface area contributed by atoms with Crippen molar-refractivity contribution < 1.29 is 19.2 Å². The largest absolute Gasteiger partial charge is 0.456 e. The van der Waals surface area contributed by atoms with Gasteiger partial charge in [-0.2, -0.15) is 0 Å². The quantitative estimate of drug-likeness (QED) is 0.242. The number of aromatic nitrogens is 1. The number of nitro benzene ring substituents is 1. The van der Waals surface area contributed by atoms with Crippen LogP contribution in [-0.4, -0.2) is 27.4 Å². The highest BCUT2D eigenvalue weighted by Gasteiger charge is 2.30. The number of carbonyl (C=O) groups excluding carboxylic acids is 2. The van der Waals surface area contributed by atoms with Crippen molar-refractivity contribution in [2.75, 3.05) is 10.6 Å². The van der Waals surface area contributed by atoms with Crippen LogP contribution in [0.3, 0.4) is 0 Å². The Labute approximate surface area is 195 Å². The number of hydrogen-bond donors (Lipinski definition) is 2. The highest BCUT2D eigenvalue weighted by Crippen LogP contribution is 2.39. The van der Waals surface area contributed by atoms with Crippen LogP contribution in [0.2, 0.25) is 0 Å². The van der Waals surface area contributed by atoms with Crippen molar-refractivity contribution in [3.8, 4) is 0 Å². The standard InChI is InChI=1S/C25H22N4O5/c1-25(2,3)34-24(31)15-6-8-17(9-7-15)27-22(16-5-4-12-26-14-16)21-19-11-10-18(29(32)33)13-20(19)28-23(21)30/h4-14,27H,1-3H3,(H,28,30)/b22-21-. The molecule has 9 heteroatoms. The van der Waals surface area contributed by atoms with Crippen LogP contribution in [0.1, 0.15) is 42.3 Å². The van der Waals surface area contributed by atoms with E-state index in [0.29, 0.717) is 39.3 Å². The molecule has 1 aromatic heterocycles. The number of non-ortho nitro benzene ring substituents is 1. The van der Waals surface area contributed by atoms with Crippen molar-refractivity contribution in [1.82, 2.24) is 4.98 Å². The summed E-state index contributed by atoms with van der Waals surface area (Å²) in [5.41, 5.74) is 2.64. The minimum Gasteiger partial charge on any atom is -0.456 e. The normalized spacial score (nSPS) is 14.1. The number of ether oxygens (including phenoxy) is 1. The molecule has 2 heterocycles. The first-order chi connectivity index (χ1) is 16.1. The number of amides is 1. The fraction of sp³-hybridized carbons (Fsp3) is 0.160. The number of anilines is 2. The summed E-state index contributed by atoms with van der Waals surface area (Å²) >= 11 is 0. The smallest absolute Gasteiger partial charge is 0.338 e. The zero-order valence-corrected chi connectivity index (χ0v) is 18.8. The van der Waals surface area contributed by atoms with E-state index in [2.05, 4.69) is 15.6 Å². The molecule has 1 aliphatic rings. The first-order valence-electron chi connectivity index (χ1n) is 10.5. The van der Waals surface area contributed by atoms with Gasteiger partial charge >= 0.3 is 5.97 Å². The number of hydrogen-bond acceptors (Lipinski definition) is 7. The predicted octanol–water partition coefficient (Wildman–Crippen LogP) is 4.88. The van der Waals surface area contributed by atoms with Gasteiger partial charge in [0.25, 0.3) is 11.6 Å². The van der Waals surface area contributed by atoms with Gasteiger partial charge in [0.15, 0.2) is 0 Å². The summed E-state index contributed by atoms with van der Waals surface area (Å²) in [5.74, 6) is -0.831. The third-order valence-electron chi connectivity index (χ3n) is 4.95. The van der Waals surface area contributed by atoms with Crippen LogP contribution in [0.25, 0.3) is 11.3 Å². The lowest BCUT2D eigenvalue weighted by Crippen LogP contribution is -2.23. The van der Waals surface area contributed by atoms with Gasteiger partial charge in [-0.15, -0.1) is 0 Å². The molecule has 2 aromatic carbocycles. The van der Waals surface area contributed by atoms with Gasteiger partial charge in [0, 0.05) is 41.3 Å². The van der Waals surface area contributed by atoms with E-state index in [9.17, 15) is 19.7 Å². The lowest BCUT2D eigenvalue weighted by molar-refractivity contribution is -0.384. The Balaban J connectivity index is 1.74. The Bertz CT molecular complexity index is 1310. The van der Waals surface area contributed by atoms with E-state index in [4.69, 9.17) is 4.74 Å². The van der Waals surface area contributed by atoms with Gasteiger partial charge in [0.05, 0.1) is 27.4 Å². The molecule has 0 radical (unpaired) electrons. The van der Waals surface area contributed by atoms with Crippen LogP contribution in [0.4, 0.5) is 17.1 Å². The Hall–Kier alpha value is -4.53. The number of nitro groups is 1. The SMILES string of the molecule is CC(C)(C)OC(=O)c1ccc(N/C(=C2\C(=O)Nc3cc([N+](=O)[O-])ccc32)c2cccnc2)cc1. The Morgan fingerprint density at radius 3 is 2.44 bits per heavy atom. The monoisotopic (exact) mass is 458 g/mol. The molecular formula is C25H22N4O5. The van der Waals surface area contributed by atoms with E-state index in [1.165, 1.54) is 12.1 Å². The van der Waals surface area contributed by atoms with Gasteiger partial charge in [-0.3, -0.25) is 19.9 Å². The maximum absolute atomic E-state index is 12.9. The number of nitrogens with zero attached hydrogens (tertiary/aromatic N) is 2. The van der Waals surface area contributed by atoms with E-state index >= 15 is 0 Å². The topological polar surface area (TPSA) is 123 Å². The van der Waals surface area contributed by atoms with E-state index in [0.717, 1.165) is 0 Å². The number of esters is 1. The molecule has 0 atom stereocenters. The zero-order valence-electron chi connectivity index (χ0n) is 18.8. The third-order valence-corrected chi connectivity index (χ3v) is 4.95. The van der Waals surface area contributed by atoms with Gasteiger partial charge < -0.3 is 15.4 Å². The molecule has 0 spiro atoms. The second-order valence-electron chi connectivity index (χ2n) is 8.64. The van der Waals surface area contributed by atoms with Crippen LogP contribution in [0.5, 0.6) is 0 Å². The molecule has 1 amide bonds. The molecule has 2 N–H and O–H groups in total. The minimum atomic E-state index is -0.607. The van der Waals surface area contributed by atoms with Gasteiger partial charge in [-0.05, 0) is 63.2 Å². The highest BCUT2D eigenvalue weighted by molar-refractivity contribution is 6.37. The van der Waals surface area contributed by atoms with Crippen molar-refractivity contribution in [3.05, 3.63) is 93.8 Å². The summed E-state index contributed by atoms with van der Waals surface area (Å²) < 4.78 is 5.40. The molecule has 1 aliphatic heterocycles. The molecule has 9 nitrogen and oxygen atoms in total. The van der Waals surface area contributed by atoms with Crippen molar-refractivity contribution in [3.63, 3.8) is 0 Å². The van der Waals surface area contributed by atoms with Gasteiger partial charge in [-0.25, -0.2) is 4.79 Å². The average Bonchev–Trinajstić information content (AvgIpc) is 3.12. The molecule has 0 saturated heterocycles. The average molecular weight is 458 g/mol. The molecule has 0 bridgehead atoms. The lowest BCUT2D eigenvalue weighted by Gasteiger charge is -2.19. The summed E-state index contributed by atoms with van der Waals surface area (Å²) in [4.78, 5) is 40.0. The number of benzene rings is 2. The molecule has 4 rings (SSSR count). The number of pyridine rings is 1. The second-order valence-corrected chi connectivity index (χ2v) is 8.64. The first-order valence-corrected chi connectivity index (χ1v) is 10.5. The van der Waals surface area contributed by atoms with E-state index in [-0.39, 0.29) is 5.69 Å². The minimum absolute atomic E-state index is 0.117. The second kappa shape index (κ2) is 8.78. The van der Waals surface area contributed by atoms with Crippen LogP contribution >= 0.6 is 0 Å². The van der Waals surface area contributed by atoms with Crippen LogP contribution in [0.15, 0.2) is 67.0 Å². The van der Waals surface area contributed by atoms with Crippen molar-refractivity contribution in [2.45, 2.75) is 26.4 Å². The zero-order chi connectivity index (χ0) is 24.5. The number of fused-ring (bicyclic) bond motifs is 1. The fourth-order valence-electron chi connectivity index (χ4n) is 3.48. The van der Waals surface area contributed by atoms with Crippen LogP contribution < -0.4 is 10.6 Å². The summed E-state index contributed by atoms with van der Waals surface area (Å²) in [6, 6.07) is 14.5. The van der Waals surface area contributed by atoms with E-state index in [1.54, 1.807) is 75.6 Å². The van der Waals surface area contributed by atoms with Crippen molar-refractivity contribution in [2.24, 2.45) is 0 Å². The summed E-state index contributed by atoms with van der Waals surface area (Å²) in [5, 5.41) is 17.1. The van der Waals surface area contributed by atoms with Gasteiger partial charge in [-0.1, -0.05) is 0 Å². The Morgan fingerprint density at radius 2 is 1.82 bits per heavy atom. The molecule has 34 heavy (non-hydrogen) atoms. The first kappa shape index (κ1) is 22.7. The van der Waals surface area contributed by atoms with Gasteiger partial charge in [0.2, 0.25) is 0 Å². The van der Waals surface area contributed by atoms with Crippen molar-refractivity contribution >= 4 is 40.2 Å². The molecule has 0 saturated carbocycles. The van der Waals surface area contributed by atoms with E-state index in [1.807, 2.05) is 0 Å². The molecular weight excluding hydrogens is 436 g/mol. The third kappa shape index (κ3) is 4.78. The molecule has 0 unspecified atom stereocenters.